The molecule has 5 heteroatoms. The van der Waals surface area contributed by atoms with E-state index in [0.717, 1.165) is 11.1 Å². The summed E-state index contributed by atoms with van der Waals surface area (Å²) in [5.74, 6) is -0.126. The van der Waals surface area contributed by atoms with Gasteiger partial charge in [-0.05, 0) is 82.5 Å². The molecule has 0 spiro atoms. The predicted octanol–water partition coefficient (Wildman–Crippen LogP) is 4.76. The van der Waals surface area contributed by atoms with Gasteiger partial charge in [-0.3, -0.25) is 4.79 Å². The average Bonchev–Trinajstić information content (AvgIpc) is 3.09. The molecule has 0 saturated heterocycles. The Morgan fingerprint density at radius 3 is 2.67 bits per heavy atom. The molecular formula is C22H27N3O2. The van der Waals surface area contributed by atoms with Crippen LogP contribution in [0.3, 0.4) is 0 Å². The van der Waals surface area contributed by atoms with Crippen LogP contribution >= 0.6 is 0 Å². The second-order valence-corrected chi connectivity index (χ2v) is 7.85. The van der Waals surface area contributed by atoms with E-state index >= 15 is 0 Å². The molecular weight excluding hydrogens is 338 g/mol. The third-order valence-electron chi connectivity index (χ3n) is 4.89. The topological polar surface area (TPSA) is 57.8 Å². The Hall–Kier alpha value is -2.82. The van der Waals surface area contributed by atoms with Crippen molar-refractivity contribution in [3.8, 4) is 0 Å². The Bertz CT molecular complexity index is 906. The Balaban J connectivity index is 1.91. The van der Waals surface area contributed by atoms with E-state index in [4.69, 9.17) is 4.42 Å². The number of anilines is 1. The zero-order chi connectivity index (χ0) is 19.8. The van der Waals surface area contributed by atoms with Crippen LogP contribution in [0.2, 0.25) is 0 Å². The van der Waals surface area contributed by atoms with Crippen molar-refractivity contribution in [2.45, 2.75) is 53.1 Å². The first-order valence-corrected chi connectivity index (χ1v) is 9.21. The summed E-state index contributed by atoms with van der Waals surface area (Å²) in [6.07, 6.45) is 5.46. The fourth-order valence-electron chi connectivity index (χ4n) is 3.92. The van der Waals surface area contributed by atoms with Gasteiger partial charge in [0, 0.05) is 17.3 Å². The summed E-state index contributed by atoms with van der Waals surface area (Å²) >= 11 is 0. The monoisotopic (exact) mass is 365 g/mol. The Labute approximate surface area is 160 Å². The highest BCUT2D eigenvalue weighted by molar-refractivity contribution is 5.93. The van der Waals surface area contributed by atoms with E-state index < -0.39 is 0 Å². The number of rotatable bonds is 4. The van der Waals surface area contributed by atoms with Crippen LogP contribution in [0, 0.1) is 6.92 Å². The van der Waals surface area contributed by atoms with Crippen LogP contribution in [0.15, 0.2) is 46.1 Å². The highest BCUT2D eigenvalue weighted by Crippen LogP contribution is 2.41. The molecule has 5 nitrogen and oxygen atoms in total. The smallest absolute Gasteiger partial charge is 0.307 e. The summed E-state index contributed by atoms with van der Waals surface area (Å²) in [7, 11) is 0. The van der Waals surface area contributed by atoms with Crippen molar-refractivity contribution in [3.63, 3.8) is 0 Å². The fourth-order valence-corrected chi connectivity index (χ4v) is 3.92. The molecule has 1 aliphatic rings. The number of carbonyl (C=O) groups excluding carboxylic acids is 1. The van der Waals surface area contributed by atoms with Gasteiger partial charge in [-0.15, -0.1) is 0 Å². The number of allylic oxidation sites excluding steroid dienone is 1. The molecule has 1 aromatic carbocycles. The van der Waals surface area contributed by atoms with E-state index in [-0.39, 0.29) is 17.2 Å². The number of hydrazone groups is 1. The Morgan fingerprint density at radius 1 is 1.30 bits per heavy atom. The molecule has 142 valence electrons. The number of benzene rings is 1. The van der Waals surface area contributed by atoms with Gasteiger partial charge < -0.3 is 9.32 Å². The summed E-state index contributed by atoms with van der Waals surface area (Å²) in [6.45, 7) is 13.1. The van der Waals surface area contributed by atoms with E-state index in [2.05, 4.69) is 75.2 Å². The summed E-state index contributed by atoms with van der Waals surface area (Å²) in [4.78, 5) is 14.4. The van der Waals surface area contributed by atoms with Gasteiger partial charge in [-0.25, -0.2) is 5.43 Å². The molecule has 3 rings (SSSR count). The van der Waals surface area contributed by atoms with E-state index in [1.165, 1.54) is 23.1 Å². The molecule has 1 aromatic heterocycles. The molecule has 0 fully saturated rings. The van der Waals surface area contributed by atoms with Crippen molar-refractivity contribution >= 4 is 23.4 Å². The molecule has 1 amide bonds. The molecule has 1 N–H and O–H groups in total. The quantitative estimate of drug-likeness (QED) is 0.628. The number of carbonyl (C=O) groups is 1. The third kappa shape index (κ3) is 3.68. The second-order valence-electron chi connectivity index (χ2n) is 7.85. The lowest BCUT2D eigenvalue weighted by molar-refractivity contribution is 0.0927. The normalized spacial score (nSPS) is 15.8. The molecule has 2 heterocycles. The molecule has 0 unspecified atom stereocenters. The van der Waals surface area contributed by atoms with E-state index in [0.29, 0.717) is 6.04 Å². The van der Waals surface area contributed by atoms with Gasteiger partial charge >= 0.3 is 5.91 Å². The predicted molar refractivity (Wildman–Crippen MR) is 110 cm³/mol. The SMILES string of the molecule is CC1=CC(C)(C)N(C(C)C)c2cc(C)c(/C=N/NC(=O)c3ccco3)cc21. The lowest BCUT2D eigenvalue weighted by Gasteiger charge is -2.46. The van der Waals surface area contributed by atoms with Gasteiger partial charge in [0.25, 0.3) is 0 Å². The van der Waals surface area contributed by atoms with Gasteiger partial charge in [-0.1, -0.05) is 6.08 Å². The summed E-state index contributed by atoms with van der Waals surface area (Å²) in [6, 6.07) is 8.01. The first-order valence-electron chi connectivity index (χ1n) is 9.21. The highest BCUT2D eigenvalue weighted by atomic mass is 16.3. The van der Waals surface area contributed by atoms with Gasteiger partial charge in [0.05, 0.1) is 18.0 Å². The average molecular weight is 365 g/mol. The van der Waals surface area contributed by atoms with Gasteiger partial charge in [0.2, 0.25) is 0 Å². The number of furan rings is 1. The van der Waals surface area contributed by atoms with E-state index in [1.54, 1.807) is 18.3 Å². The minimum atomic E-state index is -0.365. The first kappa shape index (κ1) is 19.0. The number of amides is 1. The number of nitrogens with zero attached hydrogens (tertiary/aromatic N) is 2. The molecule has 2 aromatic rings. The van der Waals surface area contributed by atoms with Crippen LogP contribution in [-0.4, -0.2) is 23.7 Å². The van der Waals surface area contributed by atoms with Crippen LogP contribution in [0.25, 0.3) is 5.57 Å². The largest absolute Gasteiger partial charge is 0.459 e. The number of aryl methyl sites for hydroxylation is 1. The minimum absolute atomic E-state index is 0.0374. The summed E-state index contributed by atoms with van der Waals surface area (Å²) < 4.78 is 5.06. The second kappa shape index (κ2) is 7.06. The van der Waals surface area contributed by atoms with Crippen LogP contribution in [0.4, 0.5) is 5.69 Å². The maximum absolute atomic E-state index is 11.9. The zero-order valence-electron chi connectivity index (χ0n) is 16.8. The molecule has 0 saturated carbocycles. The summed E-state index contributed by atoms with van der Waals surface area (Å²) in [5.41, 5.74) is 8.25. The van der Waals surface area contributed by atoms with Crippen molar-refractivity contribution in [1.29, 1.82) is 0 Å². The lowest BCUT2D eigenvalue weighted by atomic mass is 9.86. The van der Waals surface area contributed by atoms with Crippen molar-refractivity contribution in [2.75, 3.05) is 4.90 Å². The zero-order valence-corrected chi connectivity index (χ0v) is 16.8. The van der Waals surface area contributed by atoms with Crippen LogP contribution < -0.4 is 10.3 Å². The minimum Gasteiger partial charge on any atom is -0.459 e. The van der Waals surface area contributed by atoms with Crippen molar-refractivity contribution in [1.82, 2.24) is 5.43 Å². The molecule has 0 radical (unpaired) electrons. The van der Waals surface area contributed by atoms with Crippen molar-refractivity contribution < 1.29 is 9.21 Å². The molecule has 27 heavy (non-hydrogen) atoms. The summed E-state index contributed by atoms with van der Waals surface area (Å²) in [5, 5.41) is 4.10. The highest BCUT2D eigenvalue weighted by Gasteiger charge is 2.33. The van der Waals surface area contributed by atoms with Gasteiger partial charge in [0.15, 0.2) is 5.76 Å². The maximum Gasteiger partial charge on any atom is 0.307 e. The molecule has 0 aliphatic carbocycles. The van der Waals surface area contributed by atoms with Crippen LogP contribution in [0.1, 0.15) is 61.9 Å². The maximum atomic E-state index is 11.9. The van der Waals surface area contributed by atoms with Crippen molar-refractivity contribution in [3.05, 3.63) is 59.1 Å². The van der Waals surface area contributed by atoms with Gasteiger partial charge in [-0.2, -0.15) is 5.10 Å². The van der Waals surface area contributed by atoms with Gasteiger partial charge in [0.1, 0.15) is 0 Å². The number of fused-ring (bicyclic) bond motifs is 1. The number of hydrogen-bond donors (Lipinski definition) is 1. The van der Waals surface area contributed by atoms with Crippen LogP contribution in [0.5, 0.6) is 0 Å². The van der Waals surface area contributed by atoms with Crippen molar-refractivity contribution in [2.24, 2.45) is 5.10 Å². The van der Waals surface area contributed by atoms with E-state index in [1.807, 2.05) is 0 Å². The van der Waals surface area contributed by atoms with E-state index in [9.17, 15) is 4.79 Å². The fraction of sp³-hybridized carbons (Fsp3) is 0.364. The van der Waals surface area contributed by atoms with Crippen LogP contribution in [-0.2, 0) is 0 Å². The molecule has 0 bridgehead atoms. The Morgan fingerprint density at radius 2 is 2.04 bits per heavy atom. The number of hydrogen-bond acceptors (Lipinski definition) is 4. The third-order valence-corrected chi connectivity index (χ3v) is 4.89. The number of nitrogens with one attached hydrogen (secondary N) is 1. The first-order chi connectivity index (χ1) is 12.7. The Kier molecular flexibility index (Phi) is 4.96. The lowest BCUT2D eigenvalue weighted by Crippen LogP contribution is -2.49. The standard InChI is InChI=1S/C22H27N3O2/c1-14(2)25-19-10-15(3)17(11-18(19)16(4)12-22(25,5)6)13-23-24-21(26)20-8-7-9-27-20/h7-14H,1-6H3,(H,24,26)/b23-13+. The molecule has 1 aliphatic heterocycles. The molecule has 0 atom stereocenters.